The number of alkyl halides is 3. The van der Waals surface area contributed by atoms with E-state index in [1.165, 1.54) is 18.2 Å². The average molecular weight is 361 g/mol. The zero-order chi connectivity index (χ0) is 17.7. The van der Waals surface area contributed by atoms with Crippen LogP contribution in [0.25, 0.3) is 0 Å². The molecule has 0 bridgehead atoms. The van der Waals surface area contributed by atoms with Crippen LogP contribution in [-0.2, 0) is 11.0 Å². The van der Waals surface area contributed by atoms with E-state index in [-0.39, 0.29) is 29.4 Å². The van der Waals surface area contributed by atoms with E-state index in [0.29, 0.717) is 0 Å². The van der Waals surface area contributed by atoms with Crippen molar-refractivity contribution in [3.8, 4) is 0 Å². The second-order valence-electron chi connectivity index (χ2n) is 4.90. The van der Waals surface area contributed by atoms with E-state index in [0.717, 1.165) is 18.2 Å². The monoisotopic (exact) mass is 360 g/mol. The van der Waals surface area contributed by atoms with E-state index in [4.69, 9.17) is 11.6 Å². The standard InChI is InChI=1S/C16H13ClF4N2O/c17-11-6-5-10(16(19,20)21)9-14(11)22-8-7-15(24)23-13-4-2-1-3-12(13)18/h1-6,9,22H,7-8H2,(H,23,24). The molecule has 2 aromatic rings. The Morgan fingerprint density at radius 2 is 1.79 bits per heavy atom. The number of benzene rings is 2. The number of carbonyl (C=O) groups excluding carboxylic acids is 1. The van der Waals surface area contributed by atoms with Gasteiger partial charge in [0.05, 0.1) is 22.0 Å². The summed E-state index contributed by atoms with van der Waals surface area (Å²) in [5.41, 5.74) is -0.727. The number of hydrogen-bond acceptors (Lipinski definition) is 2. The van der Waals surface area contributed by atoms with Gasteiger partial charge in [0.1, 0.15) is 5.82 Å². The fourth-order valence-corrected chi connectivity index (χ4v) is 2.11. The number of anilines is 2. The van der Waals surface area contributed by atoms with Gasteiger partial charge in [0.25, 0.3) is 0 Å². The van der Waals surface area contributed by atoms with Crippen LogP contribution in [0.2, 0.25) is 5.02 Å². The van der Waals surface area contributed by atoms with E-state index in [1.54, 1.807) is 6.07 Å². The summed E-state index contributed by atoms with van der Waals surface area (Å²) >= 11 is 5.83. The lowest BCUT2D eigenvalue weighted by Crippen LogP contribution is -2.17. The molecule has 3 nitrogen and oxygen atoms in total. The molecule has 1 amide bonds. The summed E-state index contributed by atoms with van der Waals surface area (Å²) in [6, 6.07) is 8.55. The fourth-order valence-electron chi connectivity index (χ4n) is 1.92. The second kappa shape index (κ2) is 7.53. The van der Waals surface area contributed by atoms with Gasteiger partial charge in [-0.15, -0.1) is 0 Å². The van der Waals surface area contributed by atoms with E-state index >= 15 is 0 Å². The summed E-state index contributed by atoms with van der Waals surface area (Å²) in [6.07, 6.45) is -4.55. The quantitative estimate of drug-likeness (QED) is 0.742. The van der Waals surface area contributed by atoms with Gasteiger partial charge < -0.3 is 10.6 Å². The Morgan fingerprint density at radius 1 is 1.08 bits per heavy atom. The summed E-state index contributed by atoms with van der Waals surface area (Å²) in [6.45, 7) is 0.0430. The molecule has 0 aliphatic rings. The molecule has 0 radical (unpaired) electrons. The van der Waals surface area contributed by atoms with E-state index in [2.05, 4.69) is 10.6 Å². The summed E-state index contributed by atoms with van der Waals surface area (Å²) < 4.78 is 51.4. The molecular weight excluding hydrogens is 348 g/mol. The molecule has 0 saturated carbocycles. The van der Waals surface area contributed by atoms with Gasteiger partial charge in [0, 0.05) is 13.0 Å². The Bertz CT molecular complexity index is 734. The molecule has 0 heterocycles. The van der Waals surface area contributed by atoms with Crippen LogP contribution in [0.15, 0.2) is 42.5 Å². The average Bonchev–Trinajstić information content (AvgIpc) is 2.50. The van der Waals surface area contributed by atoms with Crippen LogP contribution >= 0.6 is 11.6 Å². The number of carbonyl (C=O) groups is 1. The van der Waals surface area contributed by atoms with E-state index in [1.807, 2.05) is 0 Å². The van der Waals surface area contributed by atoms with Crippen LogP contribution in [-0.4, -0.2) is 12.5 Å². The number of hydrogen-bond donors (Lipinski definition) is 2. The number of amides is 1. The van der Waals surface area contributed by atoms with E-state index in [9.17, 15) is 22.4 Å². The van der Waals surface area contributed by atoms with Crippen molar-refractivity contribution in [3.05, 3.63) is 58.9 Å². The van der Waals surface area contributed by atoms with Crippen LogP contribution < -0.4 is 10.6 Å². The van der Waals surface area contributed by atoms with Gasteiger partial charge in [0.15, 0.2) is 0 Å². The number of para-hydroxylation sites is 1. The van der Waals surface area contributed by atoms with Crippen LogP contribution in [0, 0.1) is 5.82 Å². The third kappa shape index (κ3) is 4.86. The van der Waals surface area contributed by atoms with Crippen LogP contribution in [0.1, 0.15) is 12.0 Å². The van der Waals surface area contributed by atoms with Gasteiger partial charge in [-0.1, -0.05) is 23.7 Å². The molecule has 0 aliphatic carbocycles. The lowest BCUT2D eigenvalue weighted by Gasteiger charge is -2.12. The maximum absolute atomic E-state index is 13.4. The first-order chi connectivity index (χ1) is 11.3. The maximum atomic E-state index is 13.4. The minimum atomic E-state index is -4.48. The first-order valence-electron chi connectivity index (χ1n) is 6.92. The predicted molar refractivity (Wildman–Crippen MR) is 84.6 cm³/mol. The molecule has 0 atom stereocenters. The topological polar surface area (TPSA) is 41.1 Å². The van der Waals surface area contributed by atoms with Crippen molar-refractivity contribution < 1.29 is 22.4 Å². The molecule has 2 aromatic carbocycles. The third-order valence-corrected chi connectivity index (χ3v) is 3.44. The molecule has 0 saturated heterocycles. The van der Waals surface area contributed by atoms with Gasteiger partial charge in [-0.25, -0.2) is 4.39 Å². The minimum Gasteiger partial charge on any atom is -0.383 e. The van der Waals surface area contributed by atoms with Gasteiger partial charge in [-0.05, 0) is 30.3 Å². The highest BCUT2D eigenvalue weighted by atomic mass is 35.5. The number of rotatable bonds is 5. The van der Waals surface area contributed by atoms with Crippen molar-refractivity contribution in [2.45, 2.75) is 12.6 Å². The molecule has 2 N–H and O–H groups in total. The fraction of sp³-hybridized carbons (Fsp3) is 0.188. The van der Waals surface area contributed by atoms with Crippen molar-refractivity contribution >= 4 is 28.9 Å². The molecule has 128 valence electrons. The molecule has 0 spiro atoms. The summed E-state index contributed by atoms with van der Waals surface area (Å²) in [7, 11) is 0. The highest BCUT2D eigenvalue weighted by molar-refractivity contribution is 6.33. The minimum absolute atomic E-state index is 0.0413. The van der Waals surface area contributed by atoms with Crippen molar-refractivity contribution in [1.29, 1.82) is 0 Å². The highest BCUT2D eigenvalue weighted by Gasteiger charge is 2.30. The molecule has 8 heteroatoms. The summed E-state index contributed by atoms with van der Waals surface area (Å²) in [5.74, 6) is -1.05. The summed E-state index contributed by atoms with van der Waals surface area (Å²) in [5, 5.41) is 5.16. The Morgan fingerprint density at radius 3 is 2.46 bits per heavy atom. The first kappa shape index (κ1) is 18.1. The van der Waals surface area contributed by atoms with Crippen LogP contribution in [0.5, 0.6) is 0 Å². The second-order valence-corrected chi connectivity index (χ2v) is 5.30. The van der Waals surface area contributed by atoms with Gasteiger partial charge in [-0.3, -0.25) is 4.79 Å². The van der Waals surface area contributed by atoms with Gasteiger partial charge in [-0.2, -0.15) is 13.2 Å². The Labute approximate surface area is 140 Å². The first-order valence-corrected chi connectivity index (χ1v) is 7.30. The molecule has 0 unspecified atom stereocenters. The molecule has 0 aliphatic heterocycles. The SMILES string of the molecule is O=C(CCNc1cc(C(F)(F)F)ccc1Cl)Nc1ccccc1F. The third-order valence-electron chi connectivity index (χ3n) is 3.11. The Kier molecular flexibility index (Phi) is 5.66. The number of nitrogens with one attached hydrogen (secondary N) is 2. The van der Waals surface area contributed by atoms with Crippen LogP contribution in [0.4, 0.5) is 28.9 Å². The van der Waals surface area contributed by atoms with E-state index < -0.39 is 23.5 Å². The smallest absolute Gasteiger partial charge is 0.383 e. The van der Waals surface area contributed by atoms with Gasteiger partial charge >= 0.3 is 6.18 Å². The molecular formula is C16H13ClF4N2O. The molecule has 24 heavy (non-hydrogen) atoms. The molecule has 2 rings (SSSR count). The largest absolute Gasteiger partial charge is 0.416 e. The van der Waals surface area contributed by atoms with Crippen molar-refractivity contribution in [2.24, 2.45) is 0 Å². The predicted octanol–water partition coefficient (Wildman–Crippen LogP) is 4.94. The van der Waals surface area contributed by atoms with Gasteiger partial charge in [0.2, 0.25) is 5.91 Å². The molecule has 0 fully saturated rings. The maximum Gasteiger partial charge on any atom is 0.416 e. The Hall–Kier alpha value is -2.28. The lowest BCUT2D eigenvalue weighted by atomic mass is 10.2. The zero-order valence-corrected chi connectivity index (χ0v) is 13.0. The summed E-state index contributed by atoms with van der Waals surface area (Å²) in [4.78, 5) is 11.7. The molecule has 0 aromatic heterocycles. The zero-order valence-electron chi connectivity index (χ0n) is 12.3. The highest BCUT2D eigenvalue weighted by Crippen LogP contribution is 2.33. The van der Waals surface area contributed by atoms with Crippen molar-refractivity contribution in [2.75, 3.05) is 17.2 Å². The van der Waals surface area contributed by atoms with Crippen LogP contribution in [0.3, 0.4) is 0 Å². The number of halogens is 5. The van der Waals surface area contributed by atoms with Crippen molar-refractivity contribution in [3.63, 3.8) is 0 Å². The Balaban J connectivity index is 1.92. The van der Waals surface area contributed by atoms with Crippen molar-refractivity contribution in [1.82, 2.24) is 0 Å². The normalized spacial score (nSPS) is 11.2. The lowest BCUT2D eigenvalue weighted by molar-refractivity contribution is -0.137.